The highest BCUT2D eigenvalue weighted by Gasteiger charge is 2.16. The molecule has 0 spiro atoms. The maximum atomic E-state index is 12.4. The van der Waals surface area contributed by atoms with E-state index in [0.29, 0.717) is 23.5 Å². The molecule has 31 heavy (non-hydrogen) atoms. The molecular weight excluding hydrogens is 392 g/mol. The molecule has 1 fully saturated rings. The summed E-state index contributed by atoms with van der Waals surface area (Å²) in [6, 6.07) is 14.9. The van der Waals surface area contributed by atoms with Gasteiger partial charge in [0.15, 0.2) is 5.82 Å². The fourth-order valence-corrected chi connectivity index (χ4v) is 4.11. The number of ether oxygens (including phenoxy) is 1. The predicted octanol–water partition coefficient (Wildman–Crippen LogP) is 3.85. The molecule has 2 aromatic heterocycles. The molecule has 7 nitrogen and oxygen atoms in total. The smallest absolute Gasteiger partial charge is 0.349 e. The van der Waals surface area contributed by atoms with Crippen LogP contribution in [0.2, 0.25) is 0 Å². The third-order valence-corrected chi connectivity index (χ3v) is 5.66. The molecule has 2 N–H and O–H groups in total. The zero-order valence-corrected chi connectivity index (χ0v) is 17.2. The third kappa shape index (κ3) is 3.96. The van der Waals surface area contributed by atoms with Crippen LogP contribution >= 0.6 is 0 Å². The lowest BCUT2D eigenvalue weighted by molar-refractivity contribution is 0.263. The number of nitrogen functional groups attached to an aromatic ring is 1. The van der Waals surface area contributed by atoms with E-state index >= 15 is 0 Å². The fraction of sp³-hybridized carbons (Fsp3) is 0.292. The number of nitrogens with two attached hydrogens (primary N) is 1. The molecule has 0 unspecified atom stereocenters. The van der Waals surface area contributed by atoms with Gasteiger partial charge in [0.05, 0.1) is 12.1 Å². The van der Waals surface area contributed by atoms with Gasteiger partial charge in [0.1, 0.15) is 22.5 Å². The molecule has 0 aliphatic carbocycles. The second-order valence-electron chi connectivity index (χ2n) is 7.82. The lowest BCUT2D eigenvalue weighted by Crippen LogP contribution is -2.21. The van der Waals surface area contributed by atoms with Crippen molar-refractivity contribution in [2.75, 3.05) is 32.0 Å². The number of rotatable bonds is 6. The highest BCUT2D eigenvalue weighted by Crippen LogP contribution is 2.28. The maximum Gasteiger partial charge on any atom is 0.349 e. The summed E-state index contributed by atoms with van der Waals surface area (Å²) in [5.74, 6) is 1.32. The molecule has 0 amide bonds. The van der Waals surface area contributed by atoms with Gasteiger partial charge in [-0.15, -0.1) is 0 Å². The summed E-state index contributed by atoms with van der Waals surface area (Å²) in [6.45, 7) is 4.12. The quantitative estimate of drug-likeness (QED) is 0.290. The van der Waals surface area contributed by atoms with Crippen molar-refractivity contribution in [3.8, 4) is 17.1 Å². The lowest BCUT2D eigenvalue weighted by Gasteiger charge is -2.14. The van der Waals surface area contributed by atoms with Gasteiger partial charge in [-0.1, -0.05) is 24.3 Å². The molecule has 5 rings (SSSR count). The first-order valence-corrected chi connectivity index (χ1v) is 10.6. The number of hydrogen-bond acceptors (Lipinski definition) is 7. The van der Waals surface area contributed by atoms with Crippen molar-refractivity contribution in [1.82, 2.24) is 14.9 Å². The first kappa shape index (κ1) is 19.5. The van der Waals surface area contributed by atoms with Gasteiger partial charge >= 0.3 is 5.63 Å². The Balaban J connectivity index is 1.43. The summed E-state index contributed by atoms with van der Waals surface area (Å²) in [5, 5.41) is 0.929. The highest BCUT2D eigenvalue weighted by atomic mass is 16.5. The van der Waals surface area contributed by atoms with Crippen molar-refractivity contribution in [2.24, 2.45) is 0 Å². The van der Waals surface area contributed by atoms with Crippen LogP contribution in [0, 0.1) is 0 Å². The average Bonchev–Trinajstić information content (AvgIpc) is 3.30. The minimum atomic E-state index is -0.534. The van der Waals surface area contributed by atoms with Gasteiger partial charge in [-0.25, -0.2) is 14.8 Å². The topological polar surface area (TPSA) is 94.5 Å². The number of hydrogen-bond donors (Lipinski definition) is 1. The van der Waals surface area contributed by atoms with Gasteiger partial charge in [0.2, 0.25) is 0 Å². The minimum Gasteiger partial charge on any atom is -0.494 e. The van der Waals surface area contributed by atoms with Gasteiger partial charge in [-0.2, -0.15) is 0 Å². The van der Waals surface area contributed by atoms with E-state index in [1.54, 1.807) is 6.07 Å². The first-order chi connectivity index (χ1) is 15.2. The van der Waals surface area contributed by atoms with Crippen molar-refractivity contribution < 1.29 is 9.15 Å². The number of anilines is 1. The molecule has 0 bridgehead atoms. The maximum absolute atomic E-state index is 12.4. The SMILES string of the molecule is Nc1nc(-c2cccc(OCCCN3CCCC3)c2)nc2c1c(=O)oc1ccccc12. The van der Waals surface area contributed by atoms with E-state index in [0.717, 1.165) is 29.7 Å². The number of fused-ring (bicyclic) bond motifs is 3. The normalized spacial score (nSPS) is 14.5. The summed E-state index contributed by atoms with van der Waals surface area (Å²) in [7, 11) is 0. The molecule has 1 aliphatic rings. The Hall–Kier alpha value is -3.45. The summed E-state index contributed by atoms with van der Waals surface area (Å²) in [6.07, 6.45) is 3.59. The standard InChI is InChI=1S/C24H24N4O3/c25-22-20-21(18-9-1-2-10-19(18)31-24(20)29)26-23(27-22)16-7-5-8-17(15-16)30-14-6-13-28-11-3-4-12-28/h1-2,5,7-10,15H,3-4,6,11-14H2,(H2,25,26,27). The summed E-state index contributed by atoms with van der Waals surface area (Å²) < 4.78 is 11.3. The van der Waals surface area contributed by atoms with E-state index in [1.807, 2.05) is 42.5 Å². The summed E-state index contributed by atoms with van der Waals surface area (Å²) in [4.78, 5) is 23.9. The third-order valence-electron chi connectivity index (χ3n) is 5.66. The average molecular weight is 416 g/mol. The Morgan fingerprint density at radius 3 is 2.77 bits per heavy atom. The molecular formula is C24H24N4O3. The first-order valence-electron chi connectivity index (χ1n) is 10.6. The number of likely N-dealkylation sites (tertiary alicyclic amines) is 1. The summed E-state index contributed by atoms with van der Waals surface area (Å²) in [5.41, 5.74) is 7.34. The molecule has 2 aromatic carbocycles. The van der Waals surface area contributed by atoms with Gasteiger partial charge < -0.3 is 19.8 Å². The van der Waals surface area contributed by atoms with Crippen molar-refractivity contribution in [2.45, 2.75) is 19.3 Å². The monoisotopic (exact) mass is 416 g/mol. The van der Waals surface area contributed by atoms with Gasteiger partial charge in [-0.3, -0.25) is 0 Å². The van der Waals surface area contributed by atoms with Crippen LogP contribution in [-0.4, -0.2) is 41.1 Å². The summed E-state index contributed by atoms with van der Waals surface area (Å²) >= 11 is 0. The van der Waals surface area contributed by atoms with Crippen LogP contribution in [0.1, 0.15) is 19.3 Å². The van der Waals surface area contributed by atoms with Gasteiger partial charge in [0.25, 0.3) is 0 Å². The van der Waals surface area contributed by atoms with Crippen LogP contribution in [-0.2, 0) is 0 Å². The van der Waals surface area contributed by atoms with Crippen molar-refractivity contribution in [1.29, 1.82) is 0 Å². The van der Waals surface area contributed by atoms with Crippen LogP contribution in [0.5, 0.6) is 5.75 Å². The van der Waals surface area contributed by atoms with E-state index in [4.69, 9.17) is 14.9 Å². The van der Waals surface area contributed by atoms with E-state index in [-0.39, 0.29) is 11.2 Å². The molecule has 1 aliphatic heterocycles. The molecule has 158 valence electrons. The molecule has 4 aromatic rings. The number of aromatic nitrogens is 2. The Kier molecular flexibility index (Phi) is 5.26. The number of benzene rings is 2. The molecule has 3 heterocycles. The van der Waals surface area contributed by atoms with Gasteiger partial charge in [-0.05, 0) is 56.6 Å². The zero-order valence-electron chi connectivity index (χ0n) is 17.2. The van der Waals surface area contributed by atoms with Crippen LogP contribution in [0.3, 0.4) is 0 Å². The molecule has 7 heteroatoms. The zero-order chi connectivity index (χ0) is 21.2. The number of nitrogens with zero attached hydrogens (tertiary/aromatic N) is 3. The predicted molar refractivity (Wildman–Crippen MR) is 121 cm³/mol. The van der Waals surface area contributed by atoms with E-state index in [9.17, 15) is 4.79 Å². The second-order valence-corrected chi connectivity index (χ2v) is 7.82. The Morgan fingerprint density at radius 2 is 1.90 bits per heavy atom. The lowest BCUT2D eigenvalue weighted by atomic mass is 10.1. The Bertz CT molecular complexity index is 1300. The fourth-order valence-electron chi connectivity index (χ4n) is 4.11. The molecule has 0 saturated carbocycles. The van der Waals surface area contributed by atoms with Crippen LogP contribution in [0.25, 0.3) is 33.3 Å². The highest BCUT2D eigenvalue weighted by molar-refractivity contribution is 6.05. The van der Waals surface area contributed by atoms with Crippen molar-refractivity contribution >= 4 is 27.7 Å². The Labute approximate surface area is 179 Å². The molecule has 1 saturated heterocycles. The number of para-hydroxylation sites is 1. The minimum absolute atomic E-state index is 0.108. The van der Waals surface area contributed by atoms with Crippen LogP contribution in [0.4, 0.5) is 5.82 Å². The van der Waals surface area contributed by atoms with E-state index < -0.39 is 5.63 Å². The van der Waals surface area contributed by atoms with Crippen LogP contribution < -0.4 is 16.1 Å². The Morgan fingerprint density at radius 1 is 1.06 bits per heavy atom. The van der Waals surface area contributed by atoms with Crippen LogP contribution in [0.15, 0.2) is 57.7 Å². The molecule has 0 atom stereocenters. The van der Waals surface area contributed by atoms with Gasteiger partial charge in [0, 0.05) is 17.5 Å². The molecule has 0 radical (unpaired) electrons. The van der Waals surface area contributed by atoms with E-state index in [1.165, 1.54) is 25.9 Å². The largest absolute Gasteiger partial charge is 0.494 e. The van der Waals surface area contributed by atoms with Crippen molar-refractivity contribution in [3.63, 3.8) is 0 Å². The second kappa shape index (κ2) is 8.35. The van der Waals surface area contributed by atoms with Crippen molar-refractivity contribution in [3.05, 3.63) is 59.0 Å². The van der Waals surface area contributed by atoms with E-state index in [2.05, 4.69) is 14.9 Å².